The molecule has 0 radical (unpaired) electrons. The molecule has 20 heavy (non-hydrogen) atoms. The van der Waals surface area contributed by atoms with Crippen LogP contribution in [0.25, 0.3) is 0 Å². The summed E-state index contributed by atoms with van der Waals surface area (Å²) < 4.78 is 10.4. The molecule has 0 aliphatic carbocycles. The van der Waals surface area contributed by atoms with Crippen LogP contribution in [0.2, 0.25) is 0 Å². The Balaban J connectivity index is 2.07. The van der Waals surface area contributed by atoms with Gasteiger partial charge in [-0.3, -0.25) is 10.1 Å². The SMILES string of the molecule is COc1ccc(C(NCC2CCCO2)C(=O)O)cc1O. The van der Waals surface area contributed by atoms with Crippen molar-refractivity contribution in [3.63, 3.8) is 0 Å². The van der Waals surface area contributed by atoms with Crippen LogP contribution in [-0.4, -0.2) is 42.5 Å². The van der Waals surface area contributed by atoms with Crippen molar-refractivity contribution >= 4 is 5.97 Å². The second-order valence-corrected chi connectivity index (χ2v) is 4.75. The molecule has 1 aliphatic rings. The number of carboxylic acid groups (broad SMARTS) is 1. The summed E-state index contributed by atoms with van der Waals surface area (Å²) in [5.41, 5.74) is 0.480. The summed E-state index contributed by atoms with van der Waals surface area (Å²) in [7, 11) is 1.44. The van der Waals surface area contributed by atoms with E-state index in [2.05, 4.69) is 5.32 Å². The molecule has 110 valence electrons. The Morgan fingerprint density at radius 3 is 2.95 bits per heavy atom. The molecule has 2 atom stereocenters. The van der Waals surface area contributed by atoms with E-state index in [1.807, 2.05) is 0 Å². The van der Waals surface area contributed by atoms with Gasteiger partial charge in [-0.15, -0.1) is 0 Å². The van der Waals surface area contributed by atoms with E-state index in [0.717, 1.165) is 19.4 Å². The fraction of sp³-hybridized carbons (Fsp3) is 0.500. The number of aliphatic carboxylic acids is 1. The number of aromatic hydroxyl groups is 1. The predicted octanol–water partition coefficient (Wildman–Crippen LogP) is 1.30. The van der Waals surface area contributed by atoms with Crippen LogP contribution in [-0.2, 0) is 9.53 Å². The average Bonchev–Trinajstić information content (AvgIpc) is 2.92. The van der Waals surface area contributed by atoms with Gasteiger partial charge in [0.25, 0.3) is 0 Å². The van der Waals surface area contributed by atoms with Crippen molar-refractivity contribution in [2.45, 2.75) is 25.0 Å². The zero-order valence-electron chi connectivity index (χ0n) is 11.3. The van der Waals surface area contributed by atoms with Crippen LogP contribution in [0.4, 0.5) is 0 Å². The molecule has 1 saturated heterocycles. The van der Waals surface area contributed by atoms with E-state index in [9.17, 15) is 15.0 Å². The monoisotopic (exact) mass is 281 g/mol. The molecule has 0 saturated carbocycles. The van der Waals surface area contributed by atoms with Gasteiger partial charge in [0.15, 0.2) is 11.5 Å². The first kappa shape index (κ1) is 14.6. The summed E-state index contributed by atoms with van der Waals surface area (Å²) >= 11 is 0. The number of phenols is 1. The van der Waals surface area contributed by atoms with E-state index in [1.54, 1.807) is 12.1 Å². The van der Waals surface area contributed by atoms with Crippen LogP contribution in [0, 0.1) is 0 Å². The molecule has 1 aromatic rings. The quantitative estimate of drug-likeness (QED) is 0.728. The van der Waals surface area contributed by atoms with Crippen molar-refractivity contribution in [2.24, 2.45) is 0 Å². The third-order valence-corrected chi connectivity index (χ3v) is 3.36. The molecule has 2 rings (SSSR count). The van der Waals surface area contributed by atoms with Crippen molar-refractivity contribution in [2.75, 3.05) is 20.3 Å². The van der Waals surface area contributed by atoms with Crippen molar-refractivity contribution in [3.8, 4) is 11.5 Å². The molecule has 1 aromatic carbocycles. The van der Waals surface area contributed by atoms with Crippen LogP contribution >= 0.6 is 0 Å². The lowest BCUT2D eigenvalue weighted by Crippen LogP contribution is -2.34. The van der Waals surface area contributed by atoms with Gasteiger partial charge in [0.05, 0.1) is 13.2 Å². The van der Waals surface area contributed by atoms with Gasteiger partial charge in [-0.05, 0) is 30.5 Å². The Labute approximate surface area is 117 Å². The van der Waals surface area contributed by atoms with Crippen LogP contribution in [0.5, 0.6) is 11.5 Å². The van der Waals surface area contributed by atoms with Crippen LogP contribution in [0.3, 0.4) is 0 Å². The zero-order chi connectivity index (χ0) is 14.5. The van der Waals surface area contributed by atoms with Gasteiger partial charge in [-0.2, -0.15) is 0 Å². The molecule has 0 bridgehead atoms. The minimum absolute atomic E-state index is 0.0590. The number of hydrogen-bond acceptors (Lipinski definition) is 5. The topological polar surface area (TPSA) is 88.0 Å². The van der Waals surface area contributed by atoms with Gasteiger partial charge in [0.1, 0.15) is 6.04 Å². The summed E-state index contributed by atoms with van der Waals surface area (Å²) in [5, 5.41) is 22.0. The minimum Gasteiger partial charge on any atom is -0.504 e. The number of methoxy groups -OCH3 is 1. The molecule has 2 unspecified atom stereocenters. The average molecular weight is 281 g/mol. The Kier molecular flexibility index (Phi) is 4.81. The first-order chi connectivity index (χ1) is 9.61. The fourth-order valence-corrected chi connectivity index (χ4v) is 2.29. The Bertz CT molecular complexity index is 471. The predicted molar refractivity (Wildman–Crippen MR) is 72.0 cm³/mol. The lowest BCUT2D eigenvalue weighted by Gasteiger charge is -2.18. The first-order valence-electron chi connectivity index (χ1n) is 6.56. The molecule has 1 aliphatic heterocycles. The van der Waals surface area contributed by atoms with Crippen LogP contribution in [0.15, 0.2) is 18.2 Å². The maximum Gasteiger partial charge on any atom is 0.325 e. The zero-order valence-corrected chi connectivity index (χ0v) is 11.3. The van der Waals surface area contributed by atoms with Gasteiger partial charge in [0.2, 0.25) is 0 Å². The first-order valence-corrected chi connectivity index (χ1v) is 6.56. The lowest BCUT2D eigenvalue weighted by molar-refractivity contribution is -0.139. The largest absolute Gasteiger partial charge is 0.504 e. The minimum atomic E-state index is -0.993. The summed E-state index contributed by atoms with van der Waals surface area (Å²) in [6, 6.07) is 3.70. The number of rotatable bonds is 6. The van der Waals surface area contributed by atoms with Gasteiger partial charge in [-0.1, -0.05) is 6.07 Å². The number of nitrogens with one attached hydrogen (secondary N) is 1. The van der Waals surface area contributed by atoms with E-state index in [1.165, 1.54) is 13.2 Å². The van der Waals surface area contributed by atoms with E-state index < -0.39 is 12.0 Å². The highest BCUT2D eigenvalue weighted by atomic mass is 16.5. The lowest BCUT2D eigenvalue weighted by atomic mass is 10.1. The number of carbonyl (C=O) groups is 1. The summed E-state index contributed by atoms with van der Waals surface area (Å²) in [4.78, 5) is 11.4. The molecule has 1 fully saturated rings. The fourth-order valence-electron chi connectivity index (χ4n) is 2.29. The highest BCUT2D eigenvalue weighted by Gasteiger charge is 2.23. The molecule has 6 heteroatoms. The molecular formula is C14H19NO5. The second-order valence-electron chi connectivity index (χ2n) is 4.75. The highest BCUT2D eigenvalue weighted by Crippen LogP contribution is 2.29. The maximum atomic E-state index is 11.4. The molecule has 0 amide bonds. The van der Waals surface area contributed by atoms with E-state index in [4.69, 9.17) is 9.47 Å². The van der Waals surface area contributed by atoms with Crippen molar-refractivity contribution in [1.29, 1.82) is 0 Å². The summed E-state index contributed by atoms with van der Waals surface area (Å²) in [6.45, 7) is 1.21. The molecule has 1 heterocycles. The van der Waals surface area contributed by atoms with Gasteiger partial charge < -0.3 is 19.7 Å². The van der Waals surface area contributed by atoms with Gasteiger partial charge >= 0.3 is 5.97 Å². The van der Waals surface area contributed by atoms with E-state index in [-0.39, 0.29) is 11.9 Å². The van der Waals surface area contributed by atoms with Crippen molar-refractivity contribution in [3.05, 3.63) is 23.8 Å². The third-order valence-electron chi connectivity index (χ3n) is 3.36. The second kappa shape index (κ2) is 6.58. The van der Waals surface area contributed by atoms with E-state index in [0.29, 0.717) is 17.9 Å². The summed E-state index contributed by atoms with van der Waals surface area (Å²) in [6.07, 6.45) is 2.00. The maximum absolute atomic E-state index is 11.4. The normalized spacial score (nSPS) is 19.8. The standard InChI is InChI=1S/C14H19NO5/c1-19-12-5-4-9(7-11(12)16)13(14(17)18)15-8-10-3-2-6-20-10/h4-5,7,10,13,15-16H,2-3,6,8H2,1H3,(H,17,18). The van der Waals surface area contributed by atoms with Crippen molar-refractivity contribution < 1.29 is 24.5 Å². The van der Waals surface area contributed by atoms with Crippen LogP contribution in [0.1, 0.15) is 24.4 Å². The Hall–Kier alpha value is -1.79. The smallest absolute Gasteiger partial charge is 0.325 e. The van der Waals surface area contributed by atoms with Crippen LogP contribution < -0.4 is 10.1 Å². The molecule has 6 nitrogen and oxygen atoms in total. The summed E-state index contributed by atoms with van der Waals surface area (Å²) in [5.74, 6) is -0.750. The van der Waals surface area contributed by atoms with Crippen molar-refractivity contribution in [1.82, 2.24) is 5.32 Å². The van der Waals surface area contributed by atoms with E-state index >= 15 is 0 Å². The Morgan fingerprint density at radius 1 is 1.60 bits per heavy atom. The third kappa shape index (κ3) is 3.40. The molecule has 0 aromatic heterocycles. The molecular weight excluding hydrogens is 262 g/mol. The Morgan fingerprint density at radius 2 is 2.40 bits per heavy atom. The van der Waals surface area contributed by atoms with Gasteiger partial charge in [-0.25, -0.2) is 0 Å². The number of benzene rings is 1. The number of ether oxygens (including phenoxy) is 2. The number of carboxylic acids is 1. The van der Waals surface area contributed by atoms with Gasteiger partial charge in [0, 0.05) is 13.2 Å². The number of hydrogen-bond donors (Lipinski definition) is 3. The molecule has 3 N–H and O–H groups in total. The molecule has 0 spiro atoms. The highest BCUT2D eigenvalue weighted by molar-refractivity contribution is 5.76. The number of phenolic OH excluding ortho intramolecular Hbond substituents is 1.